The predicted octanol–water partition coefficient (Wildman–Crippen LogP) is 3.05. The fourth-order valence-corrected chi connectivity index (χ4v) is 2.75. The maximum Gasteiger partial charge on any atom is 0.781 e. The number of hydrogen-bond donors (Lipinski definition) is 0. The molecular weight excluding hydrogens is 359 g/mol. The molecule has 27 heavy (non-hydrogen) atoms. The molecule has 0 spiro atoms. The zero-order valence-electron chi connectivity index (χ0n) is 15.3. The second kappa shape index (κ2) is 7.73. The van der Waals surface area contributed by atoms with Crippen LogP contribution in [0.2, 0.25) is 0 Å². The third-order valence-electron chi connectivity index (χ3n) is 4.08. The summed E-state index contributed by atoms with van der Waals surface area (Å²) in [5.74, 6) is 1.83. The molecule has 0 saturated carbocycles. The summed E-state index contributed by atoms with van der Waals surface area (Å²) >= 11 is 0. The average Bonchev–Trinajstić information content (AvgIpc) is 3.00. The van der Waals surface area contributed by atoms with E-state index in [9.17, 15) is 8.63 Å². The maximum atomic E-state index is 13.7. The molecule has 2 aromatic rings. The topological polar surface area (TPSA) is 49.2 Å². The molecule has 2 aromatic carbocycles. The zero-order chi connectivity index (χ0) is 19.4. The van der Waals surface area contributed by atoms with E-state index in [1.165, 1.54) is 7.11 Å². The number of hydrogen-bond acceptors (Lipinski definition) is 5. The number of rotatable bonds is 7. The van der Waals surface area contributed by atoms with Crippen LogP contribution in [0.3, 0.4) is 0 Å². The molecule has 0 aromatic heterocycles. The first-order valence-corrected chi connectivity index (χ1v) is 8.33. The highest BCUT2D eigenvalue weighted by atomic mass is 19.3. The number of ether oxygens (including phenoxy) is 3. The van der Waals surface area contributed by atoms with Crippen molar-refractivity contribution in [2.24, 2.45) is 0 Å². The molecule has 0 atom stereocenters. The second-order valence-electron chi connectivity index (χ2n) is 5.86. The van der Waals surface area contributed by atoms with Crippen molar-refractivity contribution in [3.8, 4) is 17.2 Å². The third kappa shape index (κ3) is 4.42. The molecule has 3 rings (SSSR count). The highest BCUT2D eigenvalue weighted by molar-refractivity contribution is 6.54. The van der Waals surface area contributed by atoms with Gasteiger partial charge in [-0.3, -0.25) is 0 Å². The van der Waals surface area contributed by atoms with Crippen LogP contribution >= 0.6 is 0 Å². The van der Waals surface area contributed by atoms with Gasteiger partial charge in [0.05, 0.1) is 26.9 Å². The Kier molecular flexibility index (Phi) is 5.39. The SMILES string of the molecule is COc1ccc(C2=[N+](CCc3cc(OC)cc(OC)c3)O[B-](F)(F)O2)cc1. The Balaban J connectivity index is 1.83. The van der Waals surface area contributed by atoms with Gasteiger partial charge in [0, 0.05) is 12.5 Å². The smallest absolute Gasteiger partial charge is 0.573 e. The van der Waals surface area contributed by atoms with Crippen LogP contribution in [0.15, 0.2) is 42.5 Å². The fraction of sp³-hybridized carbons (Fsp3) is 0.278. The highest BCUT2D eigenvalue weighted by Crippen LogP contribution is 2.25. The van der Waals surface area contributed by atoms with Gasteiger partial charge in [-0.2, -0.15) is 0 Å². The van der Waals surface area contributed by atoms with Gasteiger partial charge in [0.15, 0.2) is 6.54 Å². The molecule has 0 saturated heterocycles. The van der Waals surface area contributed by atoms with Crippen LogP contribution in [-0.2, 0) is 15.8 Å². The van der Waals surface area contributed by atoms with Crippen molar-refractivity contribution in [1.82, 2.24) is 0 Å². The van der Waals surface area contributed by atoms with Gasteiger partial charge in [0.1, 0.15) is 17.2 Å². The molecule has 6 nitrogen and oxygen atoms in total. The quantitative estimate of drug-likeness (QED) is 0.547. The van der Waals surface area contributed by atoms with E-state index in [0.29, 0.717) is 29.2 Å². The Morgan fingerprint density at radius 1 is 0.889 bits per heavy atom. The number of hydroxylamine groups is 1. The van der Waals surface area contributed by atoms with Gasteiger partial charge in [-0.05, 0) is 46.7 Å². The van der Waals surface area contributed by atoms with Crippen LogP contribution in [0.5, 0.6) is 17.2 Å². The van der Waals surface area contributed by atoms with Crippen LogP contribution < -0.4 is 14.2 Å². The molecular formula is C18H20BF2NO5. The number of halogens is 2. The lowest BCUT2D eigenvalue weighted by molar-refractivity contribution is -0.751. The summed E-state index contributed by atoms with van der Waals surface area (Å²) < 4.78 is 53.6. The van der Waals surface area contributed by atoms with Crippen LogP contribution in [-0.4, -0.2) is 45.6 Å². The van der Waals surface area contributed by atoms with Crippen molar-refractivity contribution in [3.63, 3.8) is 0 Å². The molecule has 1 aliphatic rings. The van der Waals surface area contributed by atoms with Crippen LogP contribution in [0.25, 0.3) is 0 Å². The van der Waals surface area contributed by atoms with Crippen LogP contribution in [0.4, 0.5) is 8.63 Å². The minimum atomic E-state index is -4.40. The molecule has 0 radical (unpaired) electrons. The minimum absolute atomic E-state index is 0.0301. The normalized spacial score (nSPS) is 15.1. The lowest BCUT2D eigenvalue weighted by Gasteiger charge is -2.10. The van der Waals surface area contributed by atoms with Gasteiger partial charge < -0.3 is 32.3 Å². The van der Waals surface area contributed by atoms with Crippen molar-refractivity contribution in [2.75, 3.05) is 27.9 Å². The lowest BCUT2D eigenvalue weighted by Crippen LogP contribution is -2.28. The number of benzene rings is 2. The van der Waals surface area contributed by atoms with Crippen molar-refractivity contribution < 1.29 is 37.0 Å². The lowest BCUT2D eigenvalue weighted by atomic mass is 10.1. The van der Waals surface area contributed by atoms with Crippen molar-refractivity contribution >= 4 is 13.0 Å². The Morgan fingerprint density at radius 2 is 1.48 bits per heavy atom. The Morgan fingerprint density at radius 3 is 2.04 bits per heavy atom. The summed E-state index contributed by atoms with van der Waals surface area (Å²) in [4.78, 5) is 0. The van der Waals surface area contributed by atoms with E-state index in [1.807, 2.05) is 12.1 Å². The fourth-order valence-electron chi connectivity index (χ4n) is 2.75. The molecule has 0 unspecified atom stereocenters. The Bertz CT molecular complexity index is 820. The van der Waals surface area contributed by atoms with Gasteiger partial charge in [0.25, 0.3) is 0 Å². The third-order valence-corrected chi connectivity index (χ3v) is 4.08. The van der Waals surface area contributed by atoms with E-state index in [0.717, 1.165) is 10.3 Å². The first-order valence-electron chi connectivity index (χ1n) is 8.33. The monoisotopic (exact) mass is 379 g/mol. The van der Waals surface area contributed by atoms with E-state index in [-0.39, 0.29) is 12.4 Å². The Labute approximate surface area is 155 Å². The standard InChI is InChI=1S/C18H20BF2NO5/c1-23-15-6-4-14(5-7-15)18-22(27-19(20,21)26-18)9-8-13-10-16(24-2)12-17(11-13)25-3/h4-7,10-12H,8-9H2,1-3H3. The molecule has 144 valence electrons. The van der Waals surface area contributed by atoms with E-state index in [4.69, 9.17) is 23.6 Å². The molecule has 0 N–H and O–H groups in total. The molecule has 0 amide bonds. The molecule has 0 fully saturated rings. The summed E-state index contributed by atoms with van der Waals surface area (Å²) in [5, 5.41) is 0. The molecule has 9 heteroatoms. The summed E-state index contributed by atoms with van der Waals surface area (Å²) in [5.41, 5.74) is 1.32. The van der Waals surface area contributed by atoms with E-state index in [2.05, 4.69) is 0 Å². The minimum Gasteiger partial charge on any atom is -0.573 e. The Hall–Kier alpha value is -2.97. The molecule has 1 heterocycles. The zero-order valence-corrected chi connectivity index (χ0v) is 15.3. The number of methoxy groups -OCH3 is 3. The van der Waals surface area contributed by atoms with Gasteiger partial charge in [-0.15, -0.1) is 0 Å². The summed E-state index contributed by atoms with van der Waals surface area (Å²) in [6, 6.07) is 12.0. The molecule has 1 aliphatic heterocycles. The maximum absolute atomic E-state index is 13.7. The molecule has 0 aliphatic carbocycles. The van der Waals surface area contributed by atoms with E-state index >= 15 is 0 Å². The van der Waals surface area contributed by atoms with Crippen molar-refractivity contribution in [3.05, 3.63) is 53.6 Å². The predicted molar refractivity (Wildman–Crippen MR) is 95.6 cm³/mol. The average molecular weight is 379 g/mol. The van der Waals surface area contributed by atoms with Gasteiger partial charge in [-0.1, -0.05) is 0 Å². The summed E-state index contributed by atoms with van der Waals surface area (Å²) in [6.45, 7) is 0.162. The summed E-state index contributed by atoms with van der Waals surface area (Å²) in [7, 11) is 0.229. The number of nitrogens with zero attached hydrogens (tertiary/aromatic N) is 1. The first kappa shape index (κ1) is 18.8. The van der Waals surface area contributed by atoms with Crippen LogP contribution in [0.1, 0.15) is 11.1 Å². The largest absolute Gasteiger partial charge is 0.781 e. The van der Waals surface area contributed by atoms with Gasteiger partial charge >= 0.3 is 13.0 Å². The van der Waals surface area contributed by atoms with E-state index in [1.54, 1.807) is 44.6 Å². The van der Waals surface area contributed by atoms with Crippen molar-refractivity contribution in [2.45, 2.75) is 6.42 Å². The molecule has 0 bridgehead atoms. The van der Waals surface area contributed by atoms with E-state index < -0.39 is 7.11 Å². The van der Waals surface area contributed by atoms with Gasteiger partial charge in [0.2, 0.25) is 0 Å². The van der Waals surface area contributed by atoms with Gasteiger partial charge in [-0.25, -0.2) is 0 Å². The van der Waals surface area contributed by atoms with Crippen LogP contribution in [0, 0.1) is 0 Å². The first-order chi connectivity index (χ1) is 12.9. The highest BCUT2D eigenvalue weighted by Gasteiger charge is 2.49. The van der Waals surface area contributed by atoms with Crippen molar-refractivity contribution in [1.29, 1.82) is 0 Å². The second-order valence-corrected chi connectivity index (χ2v) is 5.86. The summed E-state index contributed by atoms with van der Waals surface area (Å²) in [6.07, 6.45) is 0.419.